The Hall–Kier alpha value is -2.24. The summed E-state index contributed by atoms with van der Waals surface area (Å²) >= 11 is 11.0. The lowest BCUT2D eigenvalue weighted by molar-refractivity contribution is -0.187. The first-order chi connectivity index (χ1) is 16.0. The van der Waals surface area contributed by atoms with Crippen LogP contribution in [-0.2, 0) is 15.8 Å². The summed E-state index contributed by atoms with van der Waals surface area (Å²) in [5.74, 6) is -1.52. The highest BCUT2D eigenvalue weighted by molar-refractivity contribution is 7.83. The van der Waals surface area contributed by atoms with E-state index in [1.807, 2.05) is 24.0 Å². The third kappa shape index (κ3) is 5.06. The number of amides is 1. The van der Waals surface area contributed by atoms with E-state index in [-0.39, 0.29) is 19.6 Å². The molecule has 182 valence electrons. The molecule has 2 fully saturated rings. The standard InChI is InChI=1S/C22H22ClF3N4O2S2/c1-14-5-7-15(8-6-14)34(32)28-27-19(18-16(23)3-2-4-17(18)33)30-12-11-29(13-21(30)9-10-21)20(31)22(24,25)26/h2-8,28,33H,9-13H2,1H3/b27-19+. The van der Waals surface area contributed by atoms with Crippen LogP contribution >= 0.6 is 24.2 Å². The lowest BCUT2D eigenvalue weighted by Gasteiger charge is -2.44. The minimum Gasteiger partial charge on any atom is -0.345 e. The van der Waals surface area contributed by atoms with E-state index in [0.717, 1.165) is 10.5 Å². The second kappa shape index (κ2) is 9.43. The summed E-state index contributed by atoms with van der Waals surface area (Å²) in [6, 6.07) is 12.2. The van der Waals surface area contributed by atoms with Crippen molar-refractivity contribution in [2.24, 2.45) is 5.10 Å². The average molecular weight is 531 g/mol. The first-order valence-corrected chi connectivity index (χ1v) is 12.4. The summed E-state index contributed by atoms with van der Waals surface area (Å²) in [5, 5.41) is 4.77. The second-order valence-corrected chi connectivity index (χ2v) is 10.4. The highest BCUT2D eigenvalue weighted by Crippen LogP contribution is 2.46. The van der Waals surface area contributed by atoms with Crippen LogP contribution in [0.4, 0.5) is 13.2 Å². The Morgan fingerprint density at radius 2 is 1.85 bits per heavy atom. The molecule has 12 heteroatoms. The van der Waals surface area contributed by atoms with Crippen molar-refractivity contribution in [1.82, 2.24) is 14.6 Å². The van der Waals surface area contributed by atoms with Crippen molar-refractivity contribution in [3.63, 3.8) is 0 Å². The molecular weight excluding hydrogens is 509 g/mol. The van der Waals surface area contributed by atoms with Gasteiger partial charge in [0.1, 0.15) is 0 Å². The molecule has 1 unspecified atom stereocenters. The third-order valence-electron chi connectivity index (χ3n) is 5.95. The van der Waals surface area contributed by atoms with E-state index in [4.69, 9.17) is 11.6 Å². The summed E-state index contributed by atoms with van der Waals surface area (Å²) in [4.78, 5) is 18.2. The van der Waals surface area contributed by atoms with Gasteiger partial charge in [-0.15, -0.1) is 17.7 Å². The van der Waals surface area contributed by atoms with Gasteiger partial charge in [0.05, 0.1) is 21.0 Å². The number of piperazine rings is 1. The van der Waals surface area contributed by atoms with Crippen molar-refractivity contribution in [2.75, 3.05) is 19.6 Å². The quantitative estimate of drug-likeness (QED) is 0.270. The van der Waals surface area contributed by atoms with Crippen molar-refractivity contribution in [1.29, 1.82) is 0 Å². The highest BCUT2D eigenvalue weighted by Gasteiger charge is 2.56. The van der Waals surface area contributed by atoms with Gasteiger partial charge in [-0.1, -0.05) is 35.4 Å². The number of aryl methyl sites for hydroxylation is 1. The number of carbonyl (C=O) groups is 1. The van der Waals surface area contributed by atoms with E-state index in [1.165, 1.54) is 0 Å². The lowest BCUT2D eigenvalue weighted by atomic mass is 10.1. The number of nitrogens with one attached hydrogen (secondary N) is 1. The van der Waals surface area contributed by atoms with Crippen molar-refractivity contribution >= 4 is 47.0 Å². The van der Waals surface area contributed by atoms with E-state index in [9.17, 15) is 22.2 Å². The van der Waals surface area contributed by atoms with Gasteiger partial charge in [-0.05, 0) is 44.0 Å². The Labute approximate surface area is 208 Å². The van der Waals surface area contributed by atoms with Gasteiger partial charge in [-0.3, -0.25) is 4.79 Å². The zero-order valence-electron chi connectivity index (χ0n) is 18.1. The van der Waals surface area contributed by atoms with Crippen LogP contribution in [0, 0.1) is 6.92 Å². The SMILES string of the molecule is Cc1ccc(S(=O)N/N=C(\c2c(S)cccc2Cl)N2CCN(C(=O)C(F)(F)F)CC23CC3)cc1. The molecule has 1 saturated heterocycles. The zero-order chi connectivity index (χ0) is 24.7. The molecule has 34 heavy (non-hydrogen) atoms. The monoisotopic (exact) mass is 530 g/mol. The summed E-state index contributed by atoms with van der Waals surface area (Å²) in [6.45, 7) is 1.81. The van der Waals surface area contributed by atoms with Crippen LogP contribution in [0.5, 0.6) is 0 Å². The number of hydrogen-bond acceptors (Lipinski definition) is 4. The number of thiol groups is 1. The van der Waals surface area contributed by atoms with Gasteiger partial charge in [-0.25, -0.2) is 9.04 Å². The molecule has 4 rings (SSSR count). The number of hydrogen-bond donors (Lipinski definition) is 2. The van der Waals surface area contributed by atoms with E-state index in [1.54, 1.807) is 30.3 Å². The van der Waals surface area contributed by atoms with Crippen LogP contribution in [-0.4, -0.2) is 57.1 Å². The Morgan fingerprint density at radius 3 is 2.44 bits per heavy atom. The first kappa shape index (κ1) is 24.9. The average Bonchev–Trinajstić information content (AvgIpc) is 3.54. The summed E-state index contributed by atoms with van der Waals surface area (Å²) in [7, 11) is -1.68. The fourth-order valence-electron chi connectivity index (χ4n) is 4.02. The molecule has 0 radical (unpaired) electrons. The Bertz CT molecular complexity index is 1130. The zero-order valence-corrected chi connectivity index (χ0v) is 20.6. The molecule has 0 bridgehead atoms. The fourth-order valence-corrected chi connectivity index (χ4v) is 5.31. The predicted octanol–water partition coefficient (Wildman–Crippen LogP) is 4.15. The molecule has 6 nitrogen and oxygen atoms in total. The van der Waals surface area contributed by atoms with Gasteiger partial charge >= 0.3 is 12.1 Å². The molecule has 1 spiro atoms. The maximum atomic E-state index is 13.0. The number of benzene rings is 2. The van der Waals surface area contributed by atoms with E-state index < -0.39 is 28.6 Å². The van der Waals surface area contributed by atoms with Crippen LogP contribution < -0.4 is 4.83 Å². The Balaban J connectivity index is 1.67. The number of rotatable bonds is 4. The van der Waals surface area contributed by atoms with Crippen molar-refractivity contribution < 1.29 is 22.2 Å². The normalized spacial score (nSPS) is 18.7. The molecular formula is C22H22ClF3N4O2S2. The van der Waals surface area contributed by atoms with Gasteiger partial charge in [0.2, 0.25) is 0 Å². The number of alkyl halides is 3. The molecule has 2 aliphatic rings. The molecule has 2 aromatic carbocycles. The Morgan fingerprint density at radius 1 is 1.18 bits per heavy atom. The van der Waals surface area contributed by atoms with Gasteiger partial charge < -0.3 is 9.80 Å². The van der Waals surface area contributed by atoms with Crippen molar-refractivity contribution in [3.8, 4) is 0 Å². The number of carbonyl (C=O) groups excluding carboxylic acids is 1. The van der Waals surface area contributed by atoms with Gasteiger partial charge in [-0.2, -0.15) is 13.2 Å². The van der Waals surface area contributed by atoms with E-state index >= 15 is 0 Å². The topological polar surface area (TPSA) is 65.0 Å². The minimum atomic E-state index is -4.93. The number of hydrazone groups is 1. The molecule has 1 saturated carbocycles. The maximum absolute atomic E-state index is 13.0. The molecule has 1 atom stereocenters. The lowest BCUT2D eigenvalue weighted by Crippen LogP contribution is -2.60. The largest absolute Gasteiger partial charge is 0.471 e. The van der Waals surface area contributed by atoms with Crippen LogP contribution in [0.25, 0.3) is 0 Å². The van der Waals surface area contributed by atoms with E-state index in [2.05, 4.69) is 22.6 Å². The molecule has 1 heterocycles. The maximum Gasteiger partial charge on any atom is 0.471 e. The number of nitrogens with zero attached hydrogens (tertiary/aromatic N) is 3. The van der Waals surface area contributed by atoms with Crippen molar-refractivity contribution in [2.45, 2.75) is 41.3 Å². The first-order valence-electron chi connectivity index (χ1n) is 10.5. The third-order valence-corrected chi connectivity index (χ3v) is 7.59. The number of halogens is 4. The van der Waals surface area contributed by atoms with Crippen LogP contribution in [0.1, 0.15) is 24.0 Å². The summed E-state index contributed by atoms with van der Waals surface area (Å²) in [6.07, 6.45) is -3.76. The summed E-state index contributed by atoms with van der Waals surface area (Å²) < 4.78 is 51.9. The molecule has 0 aromatic heterocycles. The van der Waals surface area contributed by atoms with Crippen LogP contribution in [0.2, 0.25) is 5.02 Å². The van der Waals surface area contributed by atoms with Gasteiger partial charge in [0.25, 0.3) is 0 Å². The molecule has 1 aliphatic carbocycles. The number of amidine groups is 1. The smallest absolute Gasteiger partial charge is 0.345 e. The molecule has 1 amide bonds. The fraction of sp³-hybridized carbons (Fsp3) is 0.364. The van der Waals surface area contributed by atoms with E-state index in [0.29, 0.717) is 39.1 Å². The molecule has 2 aromatic rings. The highest BCUT2D eigenvalue weighted by atomic mass is 35.5. The minimum absolute atomic E-state index is 0.0855. The van der Waals surface area contributed by atoms with Crippen LogP contribution in [0.3, 0.4) is 0 Å². The Kier molecular flexibility index (Phi) is 6.90. The van der Waals surface area contributed by atoms with Gasteiger partial charge in [0, 0.05) is 24.5 Å². The van der Waals surface area contributed by atoms with Gasteiger partial charge in [0.15, 0.2) is 16.8 Å². The summed E-state index contributed by atoms with van der Waals surface area (Å²) in [5.41, 5.74) is 0.787. The van der Waals surface area contributed by atoms with Crippen molar-refractivity contribution in [3.05, 3.63) is 58.6 Å². The van der Waals surface area contributed by atoms with Crippen LogP contribution in [0.15, 0.2) is 57.4 Å². The molecule has 1 N–H and O–H groups in total. The second-order valence-electron chi connectivity index (χ2n) is 8.34. The molecule has 1 aliphatic heterocycles. The predicted molar refractivity (Wildman–Crippen MR) is 127 cm³/mol.